The van der Waals surface area contributed by atoms with Crippen molar-refractivity contribution in [3.8, 4) is 17.3 Å². The van der Waals surface area contributed by atoms with Gasteiger partial charge in [-0.15, -0.1) is 0 Å². The summed E-state index contributed by atoms with van der Waals surface area (Å²) in [5.74, 6) is 0.369. The van der Waals surface area contributed by atoms with Crippen molar-refractivity contribution in [1.82, 2.24) is 24.5 Å². The fraction of sp³-hybridized carbons (Fsp3) is 0.458. The third-order valence-corrected chi connectivity index (χ3v) is 5.77. The zero-order valence-corrected chi connectivity index (χ0v) is 19.3. The van der Waals surface area contributed by atoms with Crippen LogP contribution in [0, 0.1) is 11.3 Å². The Morgan fingerprint density at radius 3 is 2.58 bits per heavy atom. The van der Waals surface area contributed by atoms with Crippen molar-refractivity contribution in [3.63, 3.8) is 0 Å². The molecule has 1 saturated heterocycles. The van der Waals surface area contributed by atoms with Crippen LogP contribution in [0.25, 0.3) is 11.3 Å². The topological polar surface area (TPSA) is 118 Å². The van der Waals surface area contributed by atoms with Gasteiger partial charge in [0, 0.05) is 24.8 Å². The molecule has 3 aromatic rings. The number of aliphatic hydroxyl groups is 1. The smallest absolute Gasteiger partial charge is 0.216 e. The van der Waals surface area contributed by atoms with Crippen molar-refractivity contribution in [2.75, 3.05) is 18.8 Å². The summed E-state index contributed by atoms with van der Waals surface area (Å²) in [7, 11) is 0. The molecule has 0 amide bonds. The monoisotopic (exact) mass is 449 g/mol. The summed E-state index contributed by atoms with van der Waals surface area (Å²) in [5, 5.41) is 29.3. The number of benzene rings is 1. The minimum atomic E-state index is -0.943. The minimum Gasteiger partial charge on any atom is -0.383 e. The van der Waals surface area contributed by atoms with Crippen molar-refractivity contribution in [2.45, 2.75) is 58.2 Å². The highest BCUT2D eigenvalue weighted by Crippen LogP contribution is 2.32. The van der Waals surface area contributed by atoms with Gasteiger partial charge in [0.1, 0.15) is 23.1 Å². The Morgan fingerprint density at radius 1 is 1.24 bits per heavy atom. The number of piperidine rings is 1. The molecular formula is C24H31N7O2. The Bertz CT molecular complexity index is 1120. The number of nitriles is 1. The van der Waals surface area contributed by atoms with E-state index in [9.17, 15) is 10.4 Å². The molecule has 0 bridgehead atoms. The Balaban J connectivity index is 1.49. The predicted octanol–water partition coefficient (Wildman–Crippen LogP) is 2.98. The molecule has 174 valence electrons. The number of likely N-dealkylation sites (tertiary alicyclic amines) is 1. The van der Waals surface area contributed by atoms with E-state index in [2.05, 4.69) is 11.2 Å². The van der Waals surface area contributed by atoms with Crippen LogP contribution in [0.3, 0.4) is 0 Å². The highest BCUT2D eigenvalue weighted by Gasteiger charge is 2.30. The lowest BCUT2D eigenvalue weighted by Gasteiger charge is -2.37. The first-order chi connectivity index (χ1) is 15.7. The van der Waals surface area contributed by atoms with Crippen LogP contribution in [0.4, 0.5) is 5.82 Å². The number of aliphatic hydroxyl groups excluding tert-OH is 1. The van der Waals surface area contributed by atoms with Crippen LogP contribution in [0.15, 0.2) is 42.7 Å². The first-order valence-electron chi connectivity index (χ1n) is 11.2. The molecular weight excluding hydrogens is 418 g/mol. The summed E-state index contributed by atoms with van der Waals surface area (Å²) < 4.78 is 9.26. The Labute approximate surface area is 194 Å². The van der Waals surface area contributed by atoms with Gasteiger partial charge in [-0.2, -0.15) is 15.5 Å². The number of anilines is 1. The molecule has 0 spiro atoms. The molecule has 1 fully saturated rings. The molecule has 2 aromatic heterocycles. The lowest BCUT2D eigenvalue weighted by Crippen LogP contribution is -2.46. The molecule has 9 heteroatoms. The first kappa shape index (κ1) is 23.0. The lowest BCUT2D eigenvalue weighted by molar-refractivity contribution is -0.243. The van der Waals surface area contributed by atoms with Gasteiger partial charge in [0.25, 0.3) is 0 Å². The summed E-state index contributed by atoms with van der Waals surface area (Å²) in [6, 6.07) is 12.3. The van der Waals surface area contributed by atoms with Crippen LogP contribution >= 0.6 is 0 Å². The summed E-state index contributed by atoms with van der Waals surface area (Å²) in [6.45, 7) is 7.68. The van der Waals surface area contributed by atoms with E-state index in [1.54, 1.807) is 10.9 Å². The van der Waals surface area contributed by atoms with Gasteiger partial charge >= 0.3 is 0 Å². The second-order valence-corrected chi connectivity index (χ2v) is 9.40. The van der Waals surface area contributed by atoms with Gasteiger partial charge in [0.2, 0.25) is 6.41 Å². The standard InChI is InChI=1S/C24H31N7O2/c1-24(2,3)33-23(32)29-11-9-19(10-12-29)31-22(26)20(13-25)21(28-31)18-14-27-30(16-18)15-17-7-5-4-6-8-17/h4-8,14,16,19,23,32H,9-12,15,26H2,1-3H3. The maximum atomic E-state index is 10.4. The highest BCUT2D eigenvalue weighted by molar-refractivity contribution is 5.71. The van der Waals surface area contributed by atoms with Crippen LogP contribution in [0.5, 0.6) is 0 Å². The zero-order valence-electron chi connectivity index (χ0n) is 19.3. The van der Waals surface area contributed by atoms with Crippen LogP contribution in [-0.4, -0.2) is 54.7 Å². The first-order valence-corrected chi connectivity index (χ1v) is 11.2. The molecule has 0 radical (unpaired) electrons. The summed E-state index contributed by atoms with van der Waals surface area (Å²) in [4.78, 5) is 1.90. The molecule has 33 heavy (non-hydrogen) atoms. The van der Waals surface area contributed by atoms with Crippen molar-refractivity contribution in [1.29, 1.82) is 5.26 Å². The number of hydrogen-bond acceptors (Lipinski definition) is 7. The van der Waals surface area contributed by atoms with Crippen LogP contribution in [0.1, 0.15) is 50.8 Å². The molecule has 3 N–H and O–H groups in total. The van der Waals surface area contributed by atoms with Crippen molar-refractivity contribution in [2.24, 2.45) is 0 Å². The number of aromatic nitrogens is 4. The van der Waals surface area contributed by atoms with E-state index in [0.29, 0.717) is 36.7 Å². The fourth-order valence-electron chi connectivity index (χ4n) is 4.12. The summed E-state index contributed by atoms with van der Waals surface area (Å²) in [5.41, 5.74) is 8.75. The van der Waals surface area contributed by atoms with Gasteiger partial charge in [-0.05, 0) is 39.2 Å². The number of nitrogen functional groups attached to an aromatic ring is 1. The molecule has 4 rings (SSSR count). The van der Waals surface area contributed by atoms with E-state index in [-0.39, 0.29) is 6.04 Å². The maximum absolute atomic E-state index is 10.4. The molecule has 0 saturated carbocycles. The second kappa shape index (κ2) is 9.35. The Morgan fingerprint density at radius 2 is 1.94 bits per heavy atom. The molecule has 0 aliphatic carbocycles. The van der Waals surface area contributed by atoms with Gasteiger partial charge in [0.15, 0.2) is 0 Å². The fourth-order valence-corrected chi connectivity index (χ4v) is 4.12. The molecule has 3 heterocycles. The van der Waals surface area contributed by atoms with Gasteiger partial charge in [-0.1, -0.05) is 30.3 Å². The van der Waals surface area contributed by atoms with Crippen LogP contribution in [-0.2, 0) is 11.3 Å². The molecule has 1 unspecified atom stereocenters. The van der Waals surface area contributed by atoms with E-state index in [1.807, 2.05) is 66.9 Å². The van der Waals surface area contributed by atoms with Crippen LogP contribution < -0.4 is 5.73 Å². The highest BCUT2D eigenvalue weighted by atomic mass is 16.6. The van der Waals surface area contributed by atoms with Crippen molar-refractivity contribution >= 4 is 5.82 Å². The predicted molar refractivity (Wildman–Crippen MR) is 125 cm³/mol. The maximum Gasteiger partial charge on any atom is 0.216 e. The number of nitrogens with two attached hydrogens (primary N) is 1. The lowest BCUT2D eigenvalue weighted by atomic mass is 10.1. The summed E-state index contributed by atoms with van der Waals surface area (Å²) in [6.07, 6.45) is 4.16. The number of rotatable bonds is 6. The molecule has 1 aliphatic rings. The Kier molecular flexibility index (Phi) is 6.51. The van der Waals surface area contributed by atoms with E-state index in [4.69, 9.17) is 15.6 Å². The van der Waals surface area contributed by atoms with Gasteiger partial charge in [-0.25, -0.2) is 4.68 Å². The van der Waals surface area contributed by atoms with E-state index < -0.39 is 12.0 Å². The van der Waals surface area contributed by atoms with Gasteiger partial charge in [-0.3, -0.25) is 9.58 Å². The molecule has 1 atom stereocenters. The molecule has 1 aromatic carbocycles. The number of nitrogens with zero attached hydrogens (tertiary/aromatic N) is 6. The molecule has 9 nitrogen and oxygen atoms in total. The average molecular weight is 450 g/mol. The third-order valence-electron chi connectivity index (χ3n) is 5.77. The zero-order chi connectivity index (χ0) is 23.6. The van der Waals surface area contributed by atoms with Gasteiger partial charge < -0.3 is 15.6 Å². The van der Waals surface area contributed by atoms with Crippen molar-refractivity contribution < 1.29 is 9.84 Å². The van der Waals surface area contributed by atoms with E-state index in [1.165, 1.54) is 0 Å². The number of hydrogen-bond donors (Lipinski definition) is 2. The average Bonchev–Trinajstić information content (AvgIpc) is 3.37. The quantitative estimate of drug-likeness (QED) is 0.555. The van der Waals surface area contributed by atoms with Crippen molar-refractivity contribution in [3.05, 3.63) is 53.9 Å². The largest absolute Gasteiger partial charge is 0.383 e. The SMILES string of the molecule is CC(C)(C)OC(O)N1CCC(n2nc(-c3cnn(Cc4ccccc4)c3)c(C#N)c2N)CC1. The van der Waals surface area contributed by atoms with Gasteiger partial charge in [0.05, 0.1) is 24.4 Å². The number of ether oxygens (including phenoxy) is 1. The Hall–Kier alpha value is -3.19. The minimum absolute atomic E-state index is 0.0447. The summed E-state index contributed by atoms with van der Waals surface area (Å²) >= 11 is 0. The second-order valence-electron chi connectivity index (χ2n) is 9.40. The normalized spacial score (nSPS) is 16.6. The molecule has 1 aliphatic heterocycles. The van der Waals surface area contributed by atoms with E-state index in [0.717, 1.165) is 24.0 Å². The third kappa shape index (κ3) is 5.25. The van der Waals surface area contributed by atoms with E-state index >= 15 is 0 Å². The van der Waals surface area contributed by atoms with Crippen LogP contribution in [0.2, 0.25) is 0 Å².